The fourth-order valence-electron chi connectivity index (χ4n) is 1.68. The lowest BCUT2D eigenvalue weighted by Gasteiger charge is -2.11. The van der Waals surface area contributed by atoms with Crippen molar-refractivity contribution in [3.05, 3.63) is 59.9 Å². The van der Waals surface area contributed by atoms with Crippen molar-refractivity contribution in [3.63, 3.8) is 0 Å². The summed E-state index contributed by atoms with van der Waals surface area (Å²) in [7, 11) is 0. The molecule has 0 bridgehead atoms. The van der Waals surface area contributed by atoms with Crippen molar-refractivity contribution in [2.75, 3.05) is 11.9 Å². The van der Waals surface area contributed by atoms with Crippen molar-refractivity contribution < 1.29 is 18.7 Å². The molecule has 5 nitrogen and oxygen atoms in total. The molecule has 0 heterocycles. The van der Waals surface area contributed by atoms with Gasteiger partial charge in [0.05, 0.1) is 11.3 Å². The summed E-state index contributed by atoms with van der Waals surface area (Å²) in [5.41, 5.74) is 5.24. The molecule has 2 aromatic carbocycles. The van der Waals surface area contributed by atoms with Gasteiger partial charge in [-0.1, -0.05) is 24.3 Å². The predicted molar refractivity (Wildman–Crippen MR) is 75.5 cm³/mol. The van der Waals surface area contributed by atoms with Gasteiger partial charge in [-0.05, 0) is 24.3 Å². The standard InChI is InChI=1S/C15H13FN2O3/c16-11-6-2-3-7-12(11)18-15(20)10-5-1-4-8-13(10)21-9-14(17)19/h1-8H,9H2,(H2,17,19)(H,18,20). The van der Waals surface area contributed by atoms with Crippen LogP contribution in [0.3, 0.4) is 0 Å². The number of para-hydroxylation sites is 2. The second kappa shape index (κ2) is 6.51. The molecule has 0 atom stereocenters. The Bertz CT molecular complexity index is 673. The van der Waals surface area contributed by atoms with Crippen LogP contribution >= 0.6 is 0 Å². The van der Waals surface area contributed by atoms with E-state index in [1.165, 1.54) is 30.3 Å². The summed E-state index contributed by atoms with van der Waals surface area (Å²) in [6.45, 7) is -0.343. The monoisotopic (exact) mass is 288 g/mol. The molecule has 2 amide bonds. The molecule has 0 fully saturated rings. The molecule has 0 aliphatic heterocycles. The van der Waals surface area contributed by atoms with Gasteiger partial charge in [-0.25, -0.2) is 4.39 Å². The van der Waals surface area contributed by atoms with Crippen molar-refractivity contribution in [2.24, 2.45) is 5.73 Å². The van der Waals surface area contributed by atoms with E-state index in [2.05, 4.69) is 5.32 Å². The average Bonchev–Trinajstić information content (AvgIpc) is 2.47. The van der Waals surface area contributed by atoms with Gasteiger partial charge < -0.3 is 15.8 Å². The van der Waals surface area contributed by atoms with E-state index in [0.29, 0.717) is 0 Å². The zero-order valence-corrected chi connectivity index (χ0v) is 11.0. The molecule has 21 heavy (non-hydrogen) atoms. The van der Waals surface area contributed by atoms with Crippen LogP contribution in [0.15, 0.2) is 48.5 Å². The SMILES string of the molecule is NC(=O)COc1ccccc1C(=O)Nc1ccccc1F. The molecule has 2 aromatic rings. The van der Waals surface area contributed by atoms with Gasteiger partial charge in [0, 0.05) is 0 Å². The molecular weight excluding hydrogens is 275 g/mol. The zero-order chi connectivity index (χ0) is 15.2. The Labute approximate surface area is 120 Å². The molecule has 3 N–H and O–H groups in total. The molecular formula is C15H13FN2O3. The minimum absolute atomic E-state index is 0.0622. The number of hydrogen-bond acceptors (Lipinski definition) is 3. The van der Waals surface area contributed by atoms with Crippen LogP contribution in [0.1, 0.15) is 10.4 Å². The van der Waals surface area contributed by atoms with E-state index in [1.807, 2.05) is 0 Å². The second-order valence-electron chi connectivity index (χ2n) is 4.19. The fraction of sp³-hybridized carbons (Fsp3) is 0.0667. The molecule has 108 valence electrons. The summed E-state index contributed by atoms with van der Waals surface area (Å²) in [5, 5.41) is 2.44. The summed E-state index contributed by atoms with van der Waals surface area (Å²) in [4.78, 5) is 22.9. The largest absolute Gasteiger partial charge is 0.483 e. The minimum Gasteiger partial charge on any atom is -0.483 e. The molecule has 2 rings (SSSR count). The van der Waals surface area contributed by atoms with Crippen molar-refractivity contribution >= 4 is 17.5 Å². The highest BCUT2D eigenvalue weighted by Gasteiger charge is 2.14. The van der Waals surface area contributed by atoms with Crippen molar-refractivity contribution in [1.29, 1.82) is 0 Å². The van der Waals surface area contributed by atoms with Gasteiger partial charge >= 0.3 is 0 Å². The van der Waals surface area contributed by atoms with Gasteiger partial charge in [0.2, 0.25) is 0 Å². The summed E-state index contributed by atoms with van der Waals surface area (Å²) in [5.74, 6) is -1.54. The number of carbonyl (C=O) groups excluding carboxylic acids is 2. The van der Waals surface area contributed by atoms with Gasteiger partial charge in [-0.3, -0.25) is 9.59 Å². The maximum absolute atomic E-state index is 13.5. The molecule has 0 aliphatic carbocycles. The van der Waals surface area contributed by atoms with Crippen molar-refractivity contribution in [2.45, 2.75) is 0 Å². The molecule has 0 saturated carbocycles. The fourth-order valence-corrected chi connectivity index (χ4v) is 1.68. The Kier molecular flexibility index (Phi) is 4.50. The van der Waals surface area contributed by atoms with Gasteiger partial charge in [-0.2, -0.15) is 0 Å². The number of carbonyl (C=O) groups is 2. The number of benzene rings is 2. The molecule has 6 heteroatoms. The first kappa shape index (κ1) is 14.5. The number of halogens is 1. The molecule has 0 spiro atoms. The number of ether oxygens (including phenoxy) is 1. The van der Waals surface area contributed by atoms with E-state index >= 15 is 0 Å². The summed E-state index contributed by atoms with van der Waals surface area (Å²) >= 11 is 0. The van der Waals surface area contributed by atoms with Crippen LogP contribution in [0.5, 0.6) is 5.75 Å². The predicted octanol–water partition coefficient (Wildman–Crippen LogP) is 1.94. The van der Waals surface area contributed by atoms with E-state index in [4.69, 9.17) is 10.5 Å². The van der Waals surface area contributed by atoms with Gasteiger partial charge in [0.15, 0.2) is 6.61 Å². The molecule has 0 aromatic heterocycles. The highest BCUT2D eigenvalue weighted by atomic mass is 19.1. The maximum Gasteiger partial charge on any atom is 0.259 e. The summed E-state index contributed by atoms with van der Waals surface area (Å²) < 4.78 is 18.7. The number of nitrogens with one attached hydrogen (secondary N) is 1. The number of anilines is 1. The highest BCUT2D eigenvalue weighted by Crippen LogP contribution is 2.20. The van der Waals surface area contributed by atoms with E-state index in [0.717, 1.165) is 0 Å². The van der Waals surface area contributed by atoms with Gasteiger partial charge in [0.25, 0.3) is 11.8 Å². The number of hydrogen-bond donors (Lipinski definition) is 2. The van der Waals surface area contributed by atoms with Crippen molar-refractivity contribution in [3.8, 4) is 5.75 Å². The number of nitrogens with two attached hydrogens (primary N) is 1. The Morgan fingerprint density at radius 1 is 1.10 bits per heavy atom. The Hall–Kier alpha value is -2.89. The third-order valence-corrected chi connectivity index (χ3v) is 2.62. The first-order valence-electron chi connectivity index (χ1n) is 6.14. The van der Waals surface area contributed by atoms with Gasteiger partial charge in [0.1, 0.15) is 11.6 Å². The topological polar surface area (TPSA) is 81.4 Å². The average molecular weight is 288 g/mol. The molecule has 0 aliphatic rings. The zero-order valence-electron chi connectivity index (χ0n) is 11.0. The van der Waals surface area contributed by atoms with Crippen LogP contribution in [0.2, 0.25) is 0 Å². The third-order valence-electron chi connectivity index (χ3n) is 2.62. The Morgan fingerprint density at radius 3 is 2.48 bits per heavy atom. The van der Waals surface area contributed by atoms with Crippen LogP contribution in [0.4, 0.5) is 10.1 Å². The third kappa shape index (κ3) is 3.79. The van der Waals surface area contributed by atoms with E-state index in [-0.39, 0.29) is 23.6 Å². The highest BCUT2D eigenvalue weighted by molar-refractivity contribution is 6.06. The maximum atomic E-state index is 13.5. The smallest absolute Gasteiger partial charge is 0.259 e. The first-order valence-corrected chi connectivity index (χ1v) is 6.14. The second-order valence-corrected chi connectivity index (χ2v) is 4.19. The van der Waals surface area contributed by atoms with Crippen LogP contribution in [-0.2, 0) is 4.79 Å². The lowest BCUT2D eigenvalue weighted by Crippen LogP contribution is -2.21. The first-order chi connectivity index (χ1) is 10.1. The summed E-state index contributed by atoms with van der Waals surface area (Å²) in [6, 6.07) is 12.1. The molecule has 0 saturated heterocycles. The quantitative estimate of drug-likeness (QED) is 0.882. The Morgan fingerprint density at radius 2 is 1.76 bits per heavy atom. The summed E-state index contributed by atoms with van der Waals surface area (Å²) in [6.07, 6.45) is 0. The molecule has 0 unspecified atom stereocenters. The number of primary amides is 1. The molecule has 0 radical (unpaired) electrons. The normalized spacial score (nSPS) is 9.95. The lowest BCUT2D eigenvalue weighted by molar-refractivity contribution is -0.119. The lowest BCUT2D eigenvalue weighted by atomic mass is 10.2. The van der Waals surface area contributed by atoms with E-state index in [1.54, 1.807) is 18.2 Å². The van der Waals surface area contributed by atoms with E-state index < -0.39 is 17.6 Å². The number of rotatable bonds is 5. The van der Waals surface area contributed by atoms with Crippen LogP contribution < -0.4 is 15.8 Å². The Balaban J connectivity index is 2.19. The van der Waals surface area contributed by atoms with Gasteiger partial charge in [-0.15, -0.1) is 0 Å². The van der Waals surface area contributed by atoms with Crippen LogP contribution in [0, 0.1) is 5.82 Å². The van der Waals surface area contributed by atoms with E-state index in [9.17, 15) is 14.0 Å². The van der Waals surface area contributed by atoms with Crippen LogP contribution in [0.25, 0.3) is 0 Å². The number of amides is 2. The van der Waals surface area contributed by atoms with Crippen molar-refractivity contribution in [1.82, 2.24) is 0 Å². The van der Waals surface area contributed by atoms with Crippen LogP contribution in [-0.4, -0.2) is 18.4 Å². The minimum atomic E-state index is -0.653.